The van der Waals surface area contributed by atoms with Gasteiger partial charge < -0.3 is 4.90 Å². The van der Waals surface area contributed by atoms with Crippen LogP contribution < -0.4 is 0 Å². The molecule has 0 unspecified atom stereocenters. The summed E-state index contributed by atoms with van der Waals surface area (Å²) in [5, 5.41) is 0. The fourth-order valence-corrected chi connectivity index (χ4v) is 1.73. The molecular formula is C10H17NO. The molecule has 0 aromatic rings. The molecule has 2 heteroatoms. The van der Waals surface area contributed by atoms with Crippen LogP contribution in [0.4, 0.5) is 0 Å². The molecule has 0 aliphatic heterocycles. The SMILES string of the molecule is C=CN(C)C(=O)C1CCCCC1. The lowest BCUT2D eigenvalue weighted by Gasteiger charge is -2.23. The van der Waals surface area contributed by atoms with E-state index in [-0.39, 0.29) is 11.8 Å². The lowest BCUT2D eigenvalue weighted by atomic mass is 9.88. The molecule has 0 radical (unpaired) electrons. The van der Waals surface area contributed by atoms with E-state index >= 15 is 0 Å². The first-order valence-corrected chi connectivity index (χ1v) is 4.65. The fourth-order valence-electron chi connectivity index (χ4n) is 1.73. The highest BCUT2D eigenvalue weighted by Crippen LogP contribution is 2.24. The van der Waals surface area contributed by atoms with Crippen molar-refractivity contribution in [3.8, 4) is 0 Å². The Morgan fingerprint density at radius 1 is 1.42 bits per heavy atom. The molecule has 0 saturated heterocycles. The average Bonchev–Trinajstić information content (AvgIpc) is 2.17. The minimum Gasteiger partial charge on any atom is -0.323 e. The molecule has 0 aromatic carbocycles. The molecule has 1 rings (SSSR count). The van der Waals surface area contributed by atoms with E-state index in [1.54, 1.807) is 18.1 Å². The Labute approximate surface area is 74.2 Å². The Kier molecular flexibility index (Phi) is 3.32. The van der Waals surface area contributed by atoms with E-state index < -0.39 is 0 Å². The van der Waals surface area contributed by atoms with Crippen LogP contribution in [0.5, 0.6) is 0 Å². The van der Waals surface area contributed by atoms with E-state index in [0.29, 0.717) is 0 Å². The molecule has 0 atom stereocenters. The summed E-state index contributed by atoms with van der Waals surface area (Å²) in [5.41, 5.74) is 0. The minimum atomic E-state index is 0.240. The van der Waals surface area contributed by atoms with Crippen molar-refractivity contribution in [1.29, 1.82) is 0 Å². The van der Waals surface area contributed by atoms with Crippen molar-refractivity contribution < 1.29 is 4.79 Å². The molecule has 0 aromatic heterocycles. The third-order valence-corrected chi connectivity index (χ3v) is 2.58. The van der Waals surface area contributed by atoms with Crippen LogP contribution in [-0.4, -0.2) is 17.9 Å². The van der Waals surface area contributed by atoms with Crippen LogP contribution >= 0.6 is 0 Å². The topological polar surface area (TPSA) is 20.3 Å². The molecule has 1 fully saturated rings. The zero-order chi connectivity index (χ0) is 8.97. The summed E-state index contributed by atoms with van der Waals surface area (Å²) in [7, 11) is 1.78. The van der Waals surface area contributed by atoms with Gasteiger partial charge in [0.2, 0.25) is 5.91 Å². The van der Waals surface area contributed by atoms with Gasteiger partial charge in [-0.25, -0.2) is 0 Å². The highest BCUT2D eigenvalue weighted by atomic mass is 16.2. The van der Waals surface area contributed by atoms with Crippen molar-refractivity contribution >= 4 is 5.91 Å². The Morgan fingerprint density at radius 2 is 2.00 bits per heavy atom. The van der Waals surface area contributed by atoms with Gasteiger partial charge in [-0.2, -0.15) is 0 Å². The zero-order valence-electron chi connectivity index (χ0n) is 7.75. The lowest BCUT2D eigenvalue weighted by molar-refractivity contribution is -0.132. The maximum Gasteiger partial charge on any atom is 0.229 e. The summed E-state index contributed by atoms with van der Waals surface area (Å²) >= 11 is 0. The van der Waals surface area contributed by atoms with Crippen LogP contribution in [0, 0.1) is 5.92 Å². The smallest absolute Gasteiger partial charge is 0.229 e. The number of rotatable bonds is 2. The molecule has 68 valence electrons. The number of hydrogen-bond donors (Lipinski definition) is 0. The standard InChI is InChI=1S/C10H17NO/c1-3-11(2)10(12)9-7-5-4-6-8-9/h3,9H,1,4-8H2,2H3. The Bertz CT molecular complexity index is 171. The van der Waals surface area contributed by atoms with Crippen molar-refractivity contribution in [1.82, 2.24) is 4.90 Å². The third kappa shape index (κ3) is 2.10. The van der Waals surface area contributed by atoms with Crippen molar-refractivity contribution in [2.24, 2.45) is 5.92 Å². The number of hydrogen-bond acceptors (Lipinski definition) is 1. The average molecular weight is 167 g/mol. The van der Waals surface area contributed by atoms with E-state index in [2.05, 4.69) is 6.58 Å². The van der Waals surface area contributed by atoms with E-state index in [1.165, 1.54) is 19.3 Å². The Hall–Kier alpha value is -0.790. The van der Waals surface area contributed by atoms with Gasteiger partial charge in [0.05, 0.1) is 0 Å². The second kappa shape index (κ2) is 4.29. The number of nitrogens with zero attached hydrogens (tertiary/aromatic N) is 1. The quantitative estimate of drug-likeness (QED) is 0.617. The molecule has 2 nitrogen and oxygen atoms in total. The molecule has 1 aliphatic carbocycles. The first-order valence-electron chi connectivity index (χ1n) is 4.65. The maximum atomic E-state index is 11.6. The number of carbonyl (C=O) groups is 1. The Morgan fingerprint density at radius 3 is 2.50 bits per heavy atom. The first-order chi connectivity index (χ1) is 5.75. The summed E-state index contributed by atoms with van der Waals surface area (Å²) in [6, 6.07) is 0. The molecule has 0 heterocycles. The second-order valence-electron chi connectivity index (χ2n) is 3.47. The van der Waals surface area contributed by atoms with Crippen LogP contribution in [0.15, 0.2) is 12.8 Å². The van der Waals surface area contributed by atoms with E-state index in [1.807, 2.05) is 0 Å². The predicted molar refractivity (Wildman–Crippen MR) is 49.5 cm³/mol. The van der Waals surface area contributed by atoms with E-state index in [0.717, 1.165) is 12.8 Å². The van der Waals surface area contributed by atoms with Gasteiger partial charge in [0, 0.05) is 13.0 Å². The highest BCUT2D eigenvalue weighted by molar-refractivity contribution is 5.79. The van der Waals surface area contributed by atoms with Crippen LogP contribution in [0.2, 0.25) is 0 Å². The second-order valence-corrected chi connectivity index (χ2v) is 3.47. The zero-order valence-corrected chi connectivity index (χ0v) is 7.75. The van der Waals surface area contributed by atoms with Crippen molar-refractivity contribution in [3.05, 3.63) is 12.8 Å². The molecule has 0 bridgehead atoms. The molecule has 0 N–H and O–H groups in total. The summed E-state index contributed by atoms with van der Waals surface area (Å²) in [4.78, 5) is 13.2. The summed E-state index contributed by atoms with van der Waals surface area (Å²) in [6.07, 6.45) is 7.44. The van der Waals surface area contributed by atoms with Crippen molar-refractivity contribution in [2.45, 2.75) is 32.1 Å². The lowest BCUT2D eigenvalue weighted by Crippen LogP contribution is -2.29. The number of carbonyl (C=O) groups excluding carboxylic acids is 1. The van der Waals surface area contributed by atoms with Crippen LogP contribution in [0.1, 0.15) is 32.1 Å². The van der Waals surface area contributed by atoms with Crippen LogP contribution in [0.25, 0.3) is 0 Å². The summed E-state index contributed by atoms with van der Waals surface area (Å²) in [5.74, 6) is 0.506. The fraction of sp³-hybridized carbons (Fsp3) is 0.700. The van der Waals surface area contributed by atoms with E-state index in [9.17, 15) is 4.79 Å². The molecule has 1 saturated carbocycles. The third-order valence-electron chi connectivity index (χ3n) is 2.58. The predicted octanol–water partition coefficient (Wildman–Crippen LogP) is 2.17. The normalized spacial score (nSPS) is 18.8. The van der Waals surface area contributed by atoms with Crippen molar-refractivity contribution in [3.63, 3.8) is 0 Å². The Balaban J connectivity index is 2.44. The largest absolute Gasteiger partial charge is 0.323 e. The monoisotopic (exact) mass is 167 g/mol. The van der Waals surface area contributed by atoms with Gasteiger partial charge in [0.25, 0.3) is 0 Å². The maximum absolute atomic E-state index is 11.6. The first kappa shape index (κ1) is 9.30. The summed E-state index contributed by atoms with van der Waals surface area (Å²) in [6.45, 7) is 3.58. The van der Waals surface area contributed by atoms with Gasteiger partial charge >= 0.3 is 0 Å². The molecule has 12 heavy (non-hydrogen) atoms. The molecular weight excluding hydrogens is 150 g/mol. The van der Waals surface area contributed by atoms with Gasteiger partial charge in [0.15, 0.2) is 0 Å². The van der Waals surface area contributed by atoms with Gasteiger partial charge in [-0.3, -0.25) is 4.79 Å². The minimum absolute atomic E-state index is 0.240. The van der Waals surface area contributed by atoms with Gasteiger partial charge in [0.1, 0.15) is 0 Å². The van der Waals surface area contributed by atoms with Crippen LogP contribution in [-0.2, 0) is 4.79 Å². The van der Waals surface area contributed by atoms with Gasteiger partial charge in [-0.15, -0.1) is 0 Å². The number of amides is 1. The molecule has 1 aliphatic rings. The highest BCUT2D eigenvalue weighted by Gasteiger charge is 2.22. The van der Waals surface area contributed by atoms with Gasteiger partial charge in [-0.1, -0.05) is 25.8 Å². The van der Waals surface area contributed by atoms with Crippen LogP contribution in [0.3, 0.4) is 0 Å². The van der Waals surface area contributed by atoms with E-state index in [4.69, 9.17) is 0 Å². The van der Waals surface area contributed by atoms with Gasteiger partial charge in [-0.05, 0) is 19.0 Å². The summed E-state index contributed by atoms with van der Waals surface area (Å²) < 4.78 is 0. The molecule has 0 spiro atoms. The van der Waals surface area contributed by atoms with Crippen molar-refractivity contribution in [2.75, 3.05) is 7.05 Å². The molecule has 1 amide bonds.